The van der Waals surface area contributed by atoms with Crippen molar-refractivity contribution < 1.29 is 19.4 Å². The van der Waals surface area contributed by atoms with E-state index in [2.05, 4.69) is 0 Å². The molecule has 0 aliphatic heterocycles. The normalized spacial score (nSPS) is 11.8. The van der Waals surface area contributed by atoms with Gasteiger partial charge in [-0.1, -0.05) is 30.3 Å². The van der Waals surface area contributed by atoms with E-state index in [0.29, 0.717) is 0 Å². The Balaban J connectivity index is 2.50. The molecule has 1 aromatic rings. The molecular formula is C12H15NO4. The zero-order valence-electron chi connectivity index (χ0n) is 9.33. The van der Waals surface area contributed by atoms with E-state index in [-0.39, 0.29) is 19.6 Å². The van der Waals surface area contributed by atoms with E-state index in [4.69, 9.17) is 15.6 Å². The van der Waals surface area contributed by atoms with E-state index >= 15 is 0 Å². The van der Waals surface area contributed by atoms with Crippen LogP contribution in [0.1, 0.15) is 12.0 Å². The molecule has 1 rings (SSSR count). The molecule has 0 fully saturated rings. The summed E-state index contributed by atoms with van der Waals surface area (Å²) in [5, 5.41) is 8.82. The Hall–Kier alpha value is -1.88. The second kappa shape index (κ2) is 6.65. The maximum atomic E-state index is 11.5. The minimum absolute atomic E-state index is 0.0774. The minimum atomic E-state index is -1.20. The molecule has 0 radical (unpaired) electrons. The molecule has 0 unspecified atom stereocenters. The highest BCUT2D eigenvalue weighted by Crippen LogP contribution is 2.08. The first-order valence-corrected chi connectivity index (χ1v) is 5.28. The van der Waals surface area contributed by atoms with Crippen molar-refractivity contribution in [1.29, 1.82) is 0 Å². The number of carbonyl (C=O) groups is 2. The number of carboxylic acids is 1. The molecule has 1 aromatic carbocycles. The van der Waals surface area contributed by atoms with Crippen LogP contribution in [0.4, 0.5) is 0 Å². The summed E-state index contributed by atoms with van der Waals surface area (Å²) in [6.45, 7) is 0.214. The summed E-state index contributed by atoms with van der Waals surface area (Å²) in [6.07, 6.45) is 0.0863. The first-order valence-electron chi connectivity index (χ1n) is 5.28. The van der Waals surface area contributed by atoms with Gasteiger partial charge in [0.2, 0.25) is 0 Å². The van der Waals surface area contributed by atoms with E-state index in [1.54, 1.807) is 12.1 Å². The highest BCUT2D eigenvalue weighted by molar-refractivity contribution is 5.93. The van der Waals surface area contributed by atoms with Gasteiger partial charge >= 0.3 is 11.9 Å². The molecule has 3 N–H and O–H groups in total. The van der Waals surface area contributed by atoms with E-state index in [0.717, 1.165) is 5.56 Å². The van der Waals surface area contributed by atoms with Crippen LogP contribution in [0.15, 0.2) is 30.3 Å². The molecule has 0 saturated heterocycles. The Kier molecular flexibility index (Phi) is 5.16. The summed E-state index contributed by atoms with van der Waals surface area (Å²) in [5.41, 5.74) is 6.06. The highest BCUT2D eigenvalue weighted by Gasteiger charge is 2.26. The second-order valence-electron chi connectivity index (χ2n) is 3.56. The smallest absolute Gasteiger partial charge is 0.320 e. The Morgan fingerprint density at radius 3 is 2.47 bits per heavy atom. The van der Waals surface area contributed by atoms with Crippen molar-refractivity contribution in [3.05, 3.63) is 35.9 Å². The SMILES string of the molecule is NCC[C@@H](C(=O)O)C(=O)OCc1ccccc1. The zero-order valence-corrected chi connectivity index (χ0v) is 9.33. The molecule has 0 heterocycles. The quantitative estimate of drug-likeness (QED) is 0.563. The van der Waals surface area contributed by atoms with Crippen molar-refractivity contribution in [2.24, 2.45) is 11.7 Å². The molecule has 92 valence electrons. The third-order valence-electron chi connectivity index (χ3n) is 2.26. The van der Waals surface area contributed by atoms with E-state index in [1.807, 2.05) is 18.2 Å². The number of benzene rings is 1. The van der Waals surface area contributed by atoms with Gasteiger partial charge in [0.1, 0.15) is 6.61 Å². The lowest BCUT2D eigenvalue weighted by molar-refractivity contribution is -0.159. The van der Waals surface area contributed by atoms with Crippen molar-refractivity contribution in [2.75, 3.05) is 6.54 Å². The maximum absolute atomic E-state index is 11.5. The molecule has 0 saturated carbocycles. The topological polar surface area (TPSA) is 89.6 Å². The third-order valence-corrected chi connectivity index (χ3v) is 2.26. The van der Waals surface area contributed by atoms with Crippen molar-refractivity contribution in [3.63, 3.8) is 0 Å². The second-order valence-corrected chi connectivity index (χ2v) is 3.56. The highest BCUT2D eigenvalue weighted by atomic mass is 16.5. The summed E-state index contributed by atoms with van der Waals surface area (Å²) in [7, 11) is 0. The monoisotopic (exact) mass is 237 g/mol. The molecule has 5 heteroatoms. The first kappa shape index (κ1) is 13.2. The summed E-state index contributed by atoms with van der Waals surface area (Å²) < 4.78 is 4.93. The molecular weight excluding hydrogens is 222 g/mol. The van der Waals surface area contributed by atoms with Crippen LogP contribution in [0, 0.1) is 5.92 Å². The fourth-order valence-electron chi connectivity index (χ4n) is 1.34. The van der Waals surface area contributed by atoms with Crippen LogP contribution in [-0.4, -0.2) is 23.6 Å². The van der Waals surface area contributed by atoms with Gasteiger partial charge in [0.05, 0.1) is 0 Å². The molecule has 1 atom stereocenters. The van der Waals surface area contributed by atoms with Crippen LogP contribution >= 0.6 is 0 Å². The van der Waals surface area contributed by atoms with E-state index < -0.39 is 17.9 Å². The molecule has 0 spiro atoms. The van der Waals surface area contributed by atoms with Gasteiger partial charge < -0.3 is 15.6 Å². The van der Waals surface area contributed by atoms with Crippen LogP contribution in [0.3, 0.4) is 0 Å². The molecule has 0 aliphatic rings. The predicted octanol–water partition coefficient (Wildman–Crippen LogP) is 0.779. The number of rotatable bonds is 6. The third kappa shape index (κ3) is 4.24. The van der Waals surface area contributed by atoms with Gasteiger partial charge in [0, 0.05) is 0 Å². The Morgan fingerprint density at radius 2 is 1.94 bits per heavy atom. The van der Waals surface area contributed by atoms with Crippen molar-refractivity contribution in [3.8, 4) is 0 Å². The maximum Gasteiger partial charge on any atom is 0.320 e. The average molecular weight is 237 g/mol. The number of esters is 1. The number of hydrogen-bond acceptors (Lipinski definition) is 4. The van der Waals surface area contributed by atoms with E-state index in [1.165, 1.54) is 0 Å². The number of nitrogens with two attached hydrogens (primary N) is 1. The molecule has 0 amide bonds. The Morgan fingerprint density at radius 1 is 1.29 bits per heavy atom. The number of ether oxygens (including phenoxy) is 1. The van der Waals surface area contributed by atoms with Gasteiger partial charge in [-0.05, 0) is 18.5 Å². The van der Waals surface area contributed by atoms with Crippen LogP contribution in [-0.2, 0) is 20.9 Å². The number of hydrogen-bond donors (Lipinski definition) is 2. The van der Waals surface area contributed by atoms with Gasteiger partial charge in [-0.3, -0.25) is 9.59 Å². The van der Waals surface area contributed by atoms with Crippen molar-refractivity contribution in [1.82, 2.24) is 0 Å². The Labute approximate surface area is 99.2 Å². The van der Waals surface area contributed by atoms with Gasteiger partial charge in [0.25, 0.3) is 0 Å². The summed E-state index contributed by atoms with van der Waals surface area (Å²) in [5.74, 6) is -3.12. The van der Waals surface area contributed by atoms with Gasteiger partial charge in [-0.2, -0.15) is 0 Å². The van der Waals surface area contributed by atoms with E-state index in [9.17, 15) is 9.59 Å². The fourth-order valence-corrected chi connectivity index (χ4v) is 1.34. The van der Waals surface area contributed by atoms with Gasteiger partial charge in [-0.15, -0.1) is 0 Å². The van der Waals surface area contributed by atoms with Crippen LogP contribution in [0.5, 0.6) is 0 Å². The van der Waals surface area contributed by atoms with Crippen molar-refractivity contribution in [2.45, 2.75) is 13.0 Å². The van der Waals surface area contributed by atoms with Gasteiger partial charge in [0.15, 0.2) is 5.92 Å². The first-order chi connectivity index (χ1) is 8.15. The lowest BCUT2D eigenvalue weighted by Crippen LogP contribution is -2.28. The van der Waals surface area contributed by atoms with Crippen LogP contribution in [0.2, 0.25) is 0 Å². The molecule has 17 heavy (non-hydrogen) atoms. The molecule has 5 nitrogen and oxygen atoms in total. The summed E-state index contributed by atoms with van der Waals surface area (Å²) in [6, 6.07) is 9.08. The summed E-state index contributed by atoms with van der Waals surface area (Å²) >= 11 is 0. The predicted molar refractivity (Wildman–Crippen MR) is 61.0 cm³/mol. The fraction of sp³-hybridized carbons (Fsp3) is 0.333. The number of carbonyl (C=O) groups excluding carboxylic acids is 1. The van der Waals surface area contributed by atoms with Crippen LogP contribution in [0.25, 0.3) is 0 Å². The lowest BCUT2D eigenvalue weighted by Gasteiger charge is -2.10. The molecule has 0 bridgehead atoms. The standard InChI is InChI=1S/C12H15NO4/c13-7-6-10(11(14)15)12(16)17-8-9-4-2-1-3-5-9/h1-5,10H,6-8,13H2,(H,14,15)/t10-/m0/s1. The Bertz CT molecular complexity index is 377. The van der Waals surface area contributed by atoms with Crippen molar-refractivity contribution >= 4 is 11.9 Å². The largest absolute Gasteiger partial charge is 0.481 e. The number of aliphatic carboxylic acids is 1. The average Bonchev–Trinajstić information content (AvgIpc) is 2.34. The van der Waals surface area contributed by atoms with Gasteiger partial charge in [-0.25, -0.2) is 0 Å². The minimum Gasteiger partial charge on any atom is -0.481 e. The summed E-state index contributed by atoms with van der Waals surface area (Å²) in [4.78, 5) is 22.3. The van der Waals surface area contributed by atoms with Crippen LogP contribution < -0.4 is 5.73 Å². The zero-order chi connectivity index (χ0) is 12.7. The lowest BCUT2D eigenvalue weighted by atomic mass is 10.1. The molecule has 0 aromatic heterocycles. The number of carboxylic acid groups (broad SMARTS) is 1. The molecule has 0 aliphatic carbocycles.